The Bertz CT molecular complexity index is 927. The summed E-state index contributed by atoms with van der Waals surface area (Å²) in [4.78, 5) is 22.1. The zero-order valence-electron chi connectivity index (χ0n) is 14.7. The van der Waals surface area contributed by atoms with Gasteiger partial charge in [0.1, 0.15) is 6.04 Å². The number of nitrogens with zero attached hydrogens (tertiary/aromatic N) is 1. The molecule has 0 heterocycles. The van der Waals surface area contributed by atoms with Crippen LogP contribution in [0.15, 0.2) is 59.5 Å². The fourth-order valence-corrected chi connectivity index (χ4v) is 3.75. The first-order valence-electron chi connectivity index (χ1n) is 7.78. The molecule has 0 saturated heterocycles. The summed E-state index contributed by atoms with van der Waals surface area (Å²) < 4.78 is 32.3. The van der Waals surface area contributed by atoms with Crippen LogP contribution in [0.1, 0.15) is 12.5 Å². The highest BCUT2D eigenvalue weighted by Crippen LogP contribution is 2.25. The Morgan fingerprint density at radius 2 is 1.74 bits per heavy atom. The summed E-state index contributed by atoms with van der Waals surface area (Å²) in [6, 6.07) is 11.3. The van der Waals surface area contributed by atoms with Crippen molar-refractivity contribution in [2.45, 2.75) is 23.4 Å². The van der Waals surface area contributed by atoms with Crippen LogP contribution >= 0.6 is 0 Å². The van der Waals surface area contributed by atoms with Gasteiger partial charge in [0.05, 0.1) is 22.5 Å². The van der Waals surface area contributed by atoms with Crippen molar-refractivity contribution in [1.29, 1.82) is 0 Å². The molecule has 144 valence electrons. The van der Waals surface area contributed by atoms with Crippen molar-refractivity contribution in [2.24, 2.45) is 5.73 Å². The van der Waals surface area contributed by atoms with Crippen molar-refractivity contribution in [3.8, 4) is 0 Å². The van der Waals surface area contributed by atoms with Crippen molar-refractivity contribution in [1.82, 2.24) is 4.72 Å². The Hall–Kier alpha value is -2.82. The minimum absolute atomic E-state index is 0.245. The van der Waals surface area contributed by atoms with Gasteiger partial charge < -0.3 is 10.5 Å². The number of esters is 1. The molecule has 0 saturated carbocycles. The molecular weight excluding hydrogens is 374 g/mol. The lowest BCUT2D eigenvalue weighted by Gasteiger charge is -2.33. The van der Waals surface area contributed by atoms with Crippen LogP contribution in [-0.4, -0.2) is 32.5 Å². The van der Waals surface area contributed by atoms with Crippen LogP contribution in [0.2, 0.25) is 0 Å². The van der Waals surface area contributed by atoms with Gasteiger partial charge in [0.2, 0.25) is 10.0 Å². The number of non-ortho nitro benzene ring substituents is 1. The molecule has 2 rings (SSSR count). The van der Waals surface area contributed by atoms with E-state index in [4.69, 9.17) is 10.5 Å². The van der Waals surface area contributed by atoms with Gasteiger partial charge in [-0.1, -0.05) is 30.3 Å². The molecule has 2 aromatic carbocycles. The first-order chi connectivity index (χ1) is 12.6. The minimum Gasteiger partial charge on any atom is -0.468 e. The third-order valence-electron chi connectivity index (χ3n) is 4.06. The third kappa shape index (κ3) is 4.48. The van der Waals surface area contributed by atoms with Crippen molar-refractivity contribution in [3.05, 3.63) is 70.3 Å². The van der Waals surface area contributed by atoms with Crippen molar-refractivity contribution < 1.29 is 22.9 Å². The van der Waals surface area contributed by atoms with Gasteiger partial charge in [-0.2, -0.15) is 4.72 Å². The number of ether oxygens (including phenoxy) is 1. The van der Waals surface area contributed by atoms with E-state index < -0.39 is 32.5 Å². The molecule has 0 unspecified atom stereocenters. The van der Waals surface area contributed by atoms with E-state index in [0.29, 0.717) is 5.56 Å². The second-order valence-corrected chi connectivity index (χ2v) is 7.69. The van der Waals surface area contributed by atoms with Crippen LogP contribution in [0.3, 0.4) is 0 Å². The molecular formula is C17H19N3O6S. The Morgan fingerprint density at radius 3 is 2.22 bits per heavy atom. The fourth-order valence-electron chi connectivity index (χ4n) is 2.47. The van der Waals surface area contributed by atoms with E-state index in [0.717, 1.165) is 31.4 Å². The van der Waals surface area contributed by atoms with Gasteiger partial charge in [0, 0.05) is 12.1 Å². The number of nitrogens with two attached hydrogens (primary N) is 1. The van der Waals surface area contributed by atoms with Gasteiger partial charge in [-0.3, -0.25) is 14.9 Å². The van der Waals surface area contributed by atoms with Crippen LogP contribution in [-0.2, 0) is 25.1 Å². The van der Waals surface area contributed by atoms with E-state index in [1.165, 1.54) is 6.92 Å². The highest BCUT2D eigenvalue weighted by molar-refractivity contribution is 7.89. The Morgan fingerprint density at radius 1 is 1.19 bits per heavy atom. The highest BCUT2D eigenvalue weighted by atomic mass is 32.2. The molecule has 0 aliphatic rings. The Kier molecular flexibility index (Phi) is 5.94. The van der Waals surface area contributed by atoms with E-state index in [2.05, 4.69) is 4.72 Å². The Labute approximate surface area is 156 Å². The number of nitro benzene ring substituents is 1. The lowest BCUT2D eigenvalue weighted by atomic mass is 9.86. The van der Waals surface area contributed by atoms with Gasteiger partial charge >= 0.3 is 5.97 Å². The van der Waals surface area contributed by atoms with Gasteiger partial charge in [0.15, 0.2) is 0 Å². The smallest absolute Gasteiger partial charge is 0.326 e. The standard InChI is InChI=1S/C17H19N3O6S/c1-17(18,12-6-4-3-5-7-12)15(16(21)26-2)19-27(24,25)14-10-8-13(9-11-14)20(22)23/h3-11,15,19H,18H2,1-2H3/t15-,17-/m1/s1. The van der Waals surface area contributed by atoms with Gasteiger partial charge in [0.25, 0.3) is 5.69 Å². The van der Waals surface area contributed by atoms with Crippen LogP contribution in [0.5, 0.6) is 0 Å². The highest BCUT2D eigenvalue weighted by Gasteiger charge is 2.41. The second-order valence-electron chi connectivity index (χ2n) is 5.98. The second kappa shape index (κ2) is 7.82. The molecule has 0 bridgehead atoms. The summed E-state index contributed by atoms with van der Waals surface area (Å²) in [6.45, 7) is 1.50. The van der Waals surface area contributed by atoms with Gasteiger partial charge in [-0.15, -0.1) is 0 Å². The maximum Gasteiger partial charge on any atom is 0.326 e. The van der Waals surface area contributed by atoms with Crippen LogP contribution in [0, 0.1) is 10.1 Å². The number of hydrogen-bond donors (Lipinski definition) is 2. The molecule has 3 N–H and O–H groups in total. The molecule has 0 aromatic heterocycles. The predicted octanol–water partition coefficient (Wildman–Crippen LogP) is 1.29. The molecule has 0 amide bonds. The largest absolute Gasteiger partial charge is 0.468 e. The summed E-state index contributed by atoms with van der Waals surface area (Å²) in [7, 11) is -3.08. The molecule has 0 fully saturated rings. The number of benzene rings is 2. The van der Waals surface area contributed by atoms with Crippen LogP contribution in [0.4, 0.5) is 5.69 Å². The van der Waals surface area contributed by atoms with E-state index in [1.54, 1.807) is 30.3 Å². The van der Waals surface area contributed by atoms with E-state index in [1.807, 2.05) is 0 Å². The molecule has 0 spiro atoms. The zero-order chi connectivity index (χ0) is 20.2. The van der Waals surface area contributed by atoms with Gasteiger partial charge in [-0.25, -0.2) is 8.42 Å². The number of hydrogen-bond acceptors (Lipinski definition) is 7. The normalized spacial score (nSPS) is 14.8. The molecule has 0 radical (unpaired) electrons. The number of rotatable bonds is 7. The number of sulfonamides is 1. The van der Waals surface area contributed by atoms with Crippen molar-refractivity contribution in [2.75, 3.05) is 7.11 Å². The molecule has 2 aromatic rings. The topological polar surface area (TPSA) is 142 Å². The molecule has 27 heavy (non-hydrogen) atoms. The lowest BCUT2D eigenvalue weighted by Crippen LogP contribution is -2.58. The van der Waals surface area contributed by atoms with Crippen molar-refractivity contribution >= 4 is 21.7 Å². The maximum absolute atomic E-state index is 12.7. The van der Waals surface area contributed by atoms with E-state index >= 15 is 0 Å². The minimum atomic E-state index is -4.20. The average Bonchev–Trinajstić information content (AvgIpc) is 2.66. The van der Waals surface area contributed by atoms with E-state index in [9.17, 15) is 23.3 Å². The summed E-state index contributed by atoms with van der Waals surface area (Å²) in [5, 5.41) is 10.7. The third-order valence-corrected chi connectivity index (χ3v) is 5.50. The number of methoxy groups -OCH3 is 1. The summed E-state index contributed by atoms with van der Waals surface area (Å²) >= 11 is 0. The number of carbonyl (C=O) groups excluding carboxylic acids is 1. The molecule has 10 heteroatoms. The number of carbonyl (C=O) groups is 1. The summed E-state index contributed by atoms with van der Waals surface area (Å²) in [5.74, 6) is -0.866. The molecule has 9 nitrogen and oxygen atoms in total. The zero-order valence-corrected chi connectivity index (χ0v) is 15.5. The average molecular weight is 393 g/mol. The fraction of sp³-hybridized carbons (Fsp3) is 0.235. The predicted molar refractivity (Wildman–Crippen MR) is 97.2 cm³/mol. The number of nitro groups is 1. The number of nitrogens with one attached hydrogen (secondary N) is 1. The quantitative estimate of drug-likeness (QED) is 0.410. The van der Waals surface area contributed by atoms with Crippen LogP contribution < -0.4 is 10.5 Å². The Balaban J connectivity index is 2.40. The monoisotopic (exact) mass is 393 g/mol. The van der Waals surface area contributed by atoms with Gasteiger partial charge in [-0.05, 0) is 24.6 Å². The van der Waals surface area contributed by atoms with E-state index in [-0.39, 0.29) is 10.6 Å². The van der Waals surface area contributed by atoms with Crippen molar-refractivity contribution in [3.63, 3.8) is 0 Å². The summed E-state index contributed by atoms with van der Waals surface area (Å²) in [5.41, 5.74) is 5.14. The summed E-state index contributed by atoms with van der Waals surface area (Å²) in [6.07, 6.45) is 0. The lowest BCUT2D eigenvalue weighted by molar-refractivity contribution is -0.384. The maximum atomic E-state index is 12.7. The SMILES string of the molecule is COC(=O)[C@@H](NS(=O)(=O)c1ccc([N+](=O)[O-])cc1)[C@](C)(N)c1ccccc1. The first-order valence-corrected chi connectivity index (χ1v) is 9.27. The molecule has 0 aliphatic heterocycles. The molecule has 2 atom stereocenters. The first kappa shape index (κ1) is 20.5. The van der Waals surface area contributed by atoms with Crippen LogP contribution in [0.25, 0.3) is 0 Å². The molecule has 0 aliphatic carbocycles.